The van der Waals surface area contributed by atoms with Gasteiger partial charge in [-0.2, -0.15) is 0 Å². The van der Waals surface area contributed by atoms with Crippen molar-refractivity contribution in [2.24, 2.45) is 0 Å². The Morgan fingerprint density at radius 1 is 1.33 bits per heavy atom. The second-order valence-corrected chi connectivity index (χ2v) is 7.21. The summed E-state index contributed by atoms with van der Waals surface area (Å²) >= 11 is 1.23. The number of hydrogen-bond donors (Lipinski definition) is 1. The van der Waals surface area contributed by atoms with Crippen molar-refractivity contribution in [3.05, 3.63) is 17.5 Å². The second kappa shape index (κ2) is 4.23. The van der Waals surface area contributed by atoms with Crippen molar-refractivity contribution in [2.45, 2.75) is 41.2 Å². The number of thiophene rings is 1. The molecule has 0 spiro atoms. The first kappa shape index (κ1) is 11.1. The quantitative estimate of drug-likeness (QED) is 0.866. The van der Waals surface area contributed by atoms with Gasteiger partial charge in [0.15, 0.2) is 9.84 Å². The molecule has 15 heavy (non-hydrogen) atoms. The fourth-order valence-corrected chi connectivity index (χ4v) is 5.13. The molecule has 1 aliphatic rings. The van der Waals surface area contributed by atoms with Crippen LogP contribution in [0.1, 0.15) is 25.7 Å². The fraction of sp³-hybridized carbons (Fsp3) is 0.600. The van der Waals surface area contributed by atoms with Crippen molar-refractivity contribution in [2.75, 3.05) is 0 Å². The lowest BCUT2D eigenvalue weighted by atomic mass is 9.97. The van der Waals surface area contributed by atoms with Crippen molar-refractivity contribution in [3.63, 3.8) is 0 Å². The lowest BCUT2D eigenvalue weighted by molar-refractivity contribution is 0.133. The van der Waals surface area contributed by atoms with Crippen LogP contribution in [0.25, 0.3) is 0 Å². The number of sulfone groups is 1. The van der Waals surface area contributed by atoms with Crippen molar-refractivity contribution >= 4 is 21.2 Å². The van der Waals surface area contributed by atoms with Gasteiger partial charge in [-0.1, -0.05) is 18.9 Å². The van der Waals surface area contributed by atoms with Crippen LogP contribution in [-0.2, 0) is 9.84 Å². The number of aliphatic hydroxyl groups is 1. The Hall–Kier alpha value is -0.390. The highest BCUT2D eigenvalue weighted by atomic mass is 32.2. The van der Waals surface area contributed by atoms with E-state index in [1.165, 1.54) is 11.3 Å². The van der Waals surface area contributed by atoms with Crippen LogP contribution in [0.5, 0.6) is 0 Å². The molecule has 0 bridgehead atoms. The number of aliphatic hydroxyl groups excluding tert-OH is 1. The van der Waals surface area contributed by atoms with Crippen LogP contribution in [0.2, 0.25) is 0 Å². The summed E-state index contributed by atoms with van der Waals surface area (Å²) in [5, 5.41) is 10.9. The molecule has 3 nitrogen and oxygen atoms in total. The SMILES string of the molecule is O=S(=O)(c1cccs1)C1CCCCC1O. The van der Waals surface area contributed by atoms with Crippen LogP contribution in [0, 0.1) is 0 Å². The molecule has 1 N–H and O–H groups in total. The summed E-state index contributed by atoms with van der Waals surface area (Å²) in [6.45, 7) is 0. The Balaban J connectivity index is 2.29. The van der Waals surface area contributed by atoms with Gasteiger partial charge in [-0.05, 0) is 24.3 Å². The summed E-state index contributed by atoms with van der Waals surface area (Å²) in [6.07, 6.45) is 2.33. The zero-order valence-corrected chi connectivity index (χ0v) is 9.93. The minimum Gasteiger partial charge on any atom is -0.392 e. The lowest BCUT2D eigenvalue weighted by Crippen LogP contribution is -2.36. The first-order chi connectivity index (χ1) is 7.12. The summed E-state index contributed by atoms with van der Waals surface area (Å²) in [7, 11) is -3.30. The molecule has 2 atom stereocenters. The van der Waals surface area contributed by atoms with Crippen LogP contribution in [0.15, 0.2) is 21.7 Å². The molecule has 5 heteroatoms. The van der Waals surface area contributed by atoms with Gasteiger partial charge < -0.3 is 5.11 Å². The summed E-state index contributed by atoms with van der Waals surface area (Å²) in [6, 6.07) is 3.34. The van der Waals surface area contributed by atoms with Gasteiger partial charge in [0, 0.05) is 0 Å². The largest absolute Gasteiger partial charge is 0.392 e. The number of hydrogen-bond acceptors (Lipinski definition) is 4. The minimum absolute atomic E-state index is 0.383. The summed E-state index contributed by atoms with van der Waals surface area (Å²) in [4.78, 5) is 0. The smallest absolute Gasteiger partial charge is 0.193 e. The average Bonchev–Trinajstić information content (AvgIpc) is 2.71. The van der Waals surface area contributed by atoms with E-state index >= 15 is 0 Å². The molecule has 1 saturated carbocycles. The average molecular weight is 246 g/mol. The molecular weight excluding hydrogens is 232 g/mol. The maximum Gasteiger partial charge on any atom is 0.193 e. The van der Waals surface area contributed by atoms with E-state index in [0.29, 0.717) is 17.1 Å². The summed E-state index contributed by atoms with van der Waals surface area (Å²) < 4.78 is 24.6. The van der Waals surface area contributed by atoms with Gasteiger partial charge in [0.05, 0.1) is 11.4 Å². The highest BCUT2D eigenvalue weighted by Crippen LogP contribution is 2.30. The zero-order chi connectivity index (χ0) is 10.9. The normalized spacial score (nSPS) is 27.8. The molecule has 1 aromatic rings. The van der Waals surface area contributed by atoms with Gasteiger partial charge in [-0.15, -0.1) is 11.3 Å². The topological polar surface area (TPSA) is 54.4 Å². The van der Waals surface area contributed by atoms with Crippen LogP contribution >= 0.6 is 11.3 Å². The Kier molecular flexibility index (Phi) is 3.13. The molecule has 1 fully saturated rings. The Morgan fingerprint density at radius 2 is 2.07 bits per heavy atom. The second-order valence-electron chi connectivity index (χ2n) is 3.87. The van der Waals surface area contributed by atoms with Gasteiger partial charge in [0.1, 0.15) is 4.21 Å². The standard InChI is InChI=1S/C10H14O3S2/c11-8-4-1-2-5-9(8)15(12,13)10-6-3-7-14-10/h3,6-9,11H,1-2,4-5H2. The van der Waals surface area contributed by atoms with Crippen molar-refractivity contribution in [1.82, 2.24) is 0 Å². The molecule has 0 radical (unpaired) electrons. The van der Waals surface area contributed by atoms with Crippen LogP contribution in [0.4, 0.5) is 0 Å². The van der Waals surface area contributed by atoms with Crippen molar-refractivity contribution < 1.29 is 13.5 Å². The molecule has 84 valence electrons. The van der Waals surface area contributed by atoms with Crippen LogP contribution < -0.4 is 0 Å². The van der Waals surface area contributed by atoms with Gasteiger partial charge in [-0.25, -0.2) is 8.42 Å². The third kappa shape index (κ3) is 2.09. The Bertz CT molecular complexity index is 408. The summed E-state index contributed by atoms with van der Waals surface area (Å²) in [5.41, 5.74) is 0. The van der Waals surface area contributed by atoms with E-state index in [-0.39, 0.29) is 0 Å². The zero-order valence-electron chi connectivity index (χ0n) is 8.30. The molecular formula is C10H14O3S2. The van der Waals surface area contributed by atoms with E-state index < -0.39 is 21.2 Å². The van der Waals surface area contributed by atoms with Crippen molar-refractivity contribution in [3.8, 4) is 0 Å². The van der Waals surface area contributed by atoms with Gasteiger partial charge >= 0.3 is 0 Å². The van der Waals surface area contributed by atoms with E-state index in [1.54, 1.807) is 17.5 Å². The third-order valence-corrected chi connectivity index (χ3v) is 6.53. The molecule has 0 amide bonds. The fourth-order valence-electron chi connectivity index (χ4n) is 2.01. The molecule has 1 heterocycles. The third-order valence-electron chi connectivity index (χ3n) is 2.84. The van der Waals surface area contributed by atoms with Crippen LogP contribution in [-0.4, -0.2) is 24.9 Å². The predicted octanol–water partition coefficient (Wildman–Crippen LogP) is 1.83. The maximum absolute atomic E-state index is 12.1. The predicted molar refractivity (Wildman–Crippen MR) is 59.8 cm³/mol. The van der Waals surface area contributed by atoms with E-state index in [2.05, 4.69) is 0 Å². The van der Waals surface area contributed by atoms with E-state index in [4.69, 9.17) is 0 Å². The van der Waals surface area contributed by atoms with E-state index in [1.807, 2.05) is 0 Å². The molecule has 2 rings (SSSR count). The highest BCUT2D eigenvalue weighted by Gasteiger charge is 2.35. The number of rotatable bonds is 2. The van der Waals surface area contributed by atoms with Gasteiger partial charge in [0.2, 0.25) is 0 Å². The van der Waals surface area contributed by atoms with E-state index in [9.17, 15) is 13.5 Å². The van der Waals surface area contributed by atoms with Crippen molar-refractivity contribution in [1.29, 1.82) is 0 Å². The van der Waals surface area contributed by atoms with Gasteiger partial charge in [0.25, 0.3) is 0 Å². The molecule has 2 unspecified atom stereocenters. The monoisotopic (exact) mass is 246 g/mol. The molecule has 1 aromatic heterocycles. The molecule has 0 aliphatic heterocycles. The molecule has 0 aromatic carbocycles. The first-order valence-corrected chi connectivity index (χ1v) is 7.50. The minimum atomic E-state index is -3.30. The Morgan fingerprint density at radius 3 is 2.67 bits per heavy atom. The van der Waals surface area contributed by atoms with Crippen LogP contribution in [0.3, 0.4) is 0 Å². The lowest BCUT2D eigenvalue weighted by Gasteiger charge is -2.26. The highest BCUT2D eigenvalue weighted by molar-refractivity contribution is 7.94. The maximum atomic E-state index is 12.1. The van der Waals surface area contributed by atoms with E-state index in [0.717, 1.165) is 12.8 Å². The molecule has 0 saturated heterocycles. The Labute approximate surface area is 93.7 Å². The molecule has 1 aliphatic carbocycles. The van der Waals surface area contributed by atoms with Gasteiger partial charge in [-0.3, -0.25) is 0 Å². The summed E-state index contributed by atoms with van der Waals surface area (Å²) in [5.74, 6) is 0. The first-order valence-electron chi connectivity index (χ1n) is 5.08.